The van der Waals surface area contributed by atoms with Gasteiger partial charge < -0.3 is 0 Å². The molecular weight excluding hydrogens is 312 g/mol. The van der Waals surface area contributed by atoms with Crippen molar-refractivity contribution in [2.75, 3.05) is 0 Å². The maximum Gasteiger partial charge on any atom is 0.184 e. The molecule has 0 aliphatic heterocycles. The van der Waals surface area contributed by atoms with Gasteiger partial charge >= 0.3 is 0 Å². The highest BCUT2D eigenvalue weighted by atomic mass is 35.5. The van der Waals surface area contributed by atoms with Crippen LogP contribution < -0.4 is 0 Å². The van der Waals surface area contributed by atoms with E-state index >= 15 is 0 Å². The minimum absolute atomic E-state index is 0.0197. The van der Waals surface area contributed by atoms with E-state index < -0.39 is 0 Å². The van der Waals surface area contributed by atoms with E-state index in [4.69, 9.17) is 11.6 Å². The predicted molar refractivity (Wildman–Crippen MR) is 88.5 cm³/mol. The molecule has 0 spiro atoms. The number of hydrogen-bond acceptors (Lipinski definition) is 4. The van der Waals surface area contributed by atoms with Crippen LogP contribution in [0.5, 0.6) is 0 Å². The van der Waals surface area contributed by atoms with Crippen LogP contribution in [0.3, 0.4) is 0 Å². The number of tetrazole rings is 1. The van der Waals surface area contributed by atoms with E-state index in [0.717, 1.165) is 16.7 Å². The Balaban J connectivity index is 1.89. The second-order valence-corrected chi connectivity index (χ2v) is 5.85. The summed E-state index contributed by atoms with van der Waals surface area (Å²) >= 11 is 5.90. The highest BCUT2D eigenvalue weighted by molar-refractivity contribution is 6.30. The van der Waals surface area contributed by atoms with Crippen LogP contribution in [0.2, 0.25) is 5.02 Å². The quantitative estimate of drug-likeness (QED) is 0.688. The number of benzene rings is 2. The van der Waals surface area contributed by atoms with Crippen molar-refractivity contribution in [1.82, 2.24) is 20.2 Å². The maximum atomic E-state index is 12.6. The fourth-order valence-electron chi connectivity index (χ4n) is 2.37. The summed E-state index contributed by atoms with van der Waals surface area (Å²) in [6, 6.07) is 13.0. The van der Waals surface area contributed by atoms with Crippen molar-refractivity contribution in [3.05, 3.63) is 64.2 Å². The first-order valence-electron chi connectivity index (χ1n) is 7.17. The number of nitrogens with zero attached hydrogens (tertiary/aromatic N) is 4. The summed E-state index contributed by atoms with van der Waals surface area (Å²) in [6.07, 6.45) is 0. The molecule has 5 nitrogen and oxygen atoms in total. The van der Waals surface area contributed by atoms with Crippen LogP contribution in [0, 0.1) is 13.8 Å². The number of hydrogen-bond donors (Lipinski definition) is 0. The molecule has 0 saturated heterocycles. The van der Waals surface area contributed by atoms with Crippen LogP contribution in [0.25, 0.3) is 11.4 Å². The minimum Gasteiger partial charge on any atom is -0.292 e. The number of Topliss-reactive ketones (excluding diaryl/α,β-unsaturated/α-hetero) is 1. The fourth-order valence-corrected chi connectivity index (χ4v) is 2.50. The third kappa shape index (κ3) is 3.29. The number of aryl methyl sites for hydroxylation is 2. The Hall–Kier alpha value is -2.53. The molecule has 0 saturated carbocycles. The largest absolute Gasteiger partial charge is 0.292 e. The Morgan fingerprint density at radius 1 is 1.13 bits per heavy atom. The maximum absolute atomic E-state index is 12.6. The number of aromatic nitrogens is 4. The van der Waals surface area contributed by atoms with Crippen LogP contribution in [0.4, 0.5) is 0 Å². The van der Waals surface area contributed by atoms with E-state index in [1.807, 2.05) is 44.2 Å². The molecule has 0 fully saturated rings. The lowest BCUT2D eigenvalue weighted by Crippen LogP contribution is -2.14. The highest BCUT2D eigenvalue weighted by Gasteiger charge is 2.15. The van der Waals surface area contributed by atoms with Crippen LogP contribution >= 0.6 is 11.6 Å². The number of ketones is 1. The first-order chi connectivity index (χ1) is 11.0. The van der Waals surface area contributed by atoms with Gasteiger partial charge in [0.25, 0.3) is 0 Å². The normalized spacial score (nSPS) is 10.7. The van der Waals surface area contributed by atoms with E-state index in [9.17, 15) is 4.79 Å². The Morgan fingerprint density at radius 2 is 1.87 bits per heavy atom. The second-order valence-electron chi connectivity index (χ2n) is 5.41. The molecule has 0 aliphatic carbocycles. The molecule has 3 rings (SSSR count). The first kappa shape index (κ1) is 15.4. The van der Waals surface area contributed by atoms with Gasteiger partial charge in [-0.05, 0) is 60.2 Å². The molecule has 3 aromatic rings. The van der Waals surface area contributed by atoms with Gasteiger partial charge in [0, 0.05) is 16.1 Å². The van der Waals surface area contributed by atoms with Gasteiger partial charge in [0.05, 0.1) is 0 Å². The Kier molecular flexibility index (Phi) is 4.21. The summed E-state index contributed by atoms with van der Waals surface area (Å²) in [5, 5.41) is 12.3. The van der Waals surface area contributed by atoms with Crippen molar-refractivity contribution in [2.24, 2.45) is 0 Å². The number of rotatable bonds is 4. The van der Waals surface area contributed by atoms with Gasteiger partial charge in [0.1, 0.15) is 6.54 Å². The molecule has 0 atom stereocenters. The third-order valence-corrected chi connectivity index (χ3v) is 3.87. The summed E-state index contributed by atoms with van der Waals surface area (Å²) in [7, 11) is 0. The van der Waals surface area contributed by atoms with Crippen molar-refractivity contribution in [3.8, 4) is 11.4 Å². The summed E-state index contributed by atoms with van der Waals surface area (Å²) in [5.74, 6) is 0.522. The van der Waals surface area contributed by atoms with E-state index in [0.29, 0.717) is 16.4 Å². The smallest absolute Gasteiger partial charge is 0.184 e. The number of carbonyl (C=O) groups excluding carboxylic acids is 1. The lowest BCUT2D eigenvalue weighted by Gasteiger charge is -2.08. The molecule has 1 heterocycles. The monoisotopic (exact) mass is 326 g/mol. The average molecular weight is 327 g/mol. The van der Waals surface area contributed by atoms with Crippen molar-refractivity contribution in [2.45, 2.75) is 20.4 Å². The number of halogens is 1. The van der Waals surface area contributed by atoms with E-state index in [2.05, 4.69) is 15.5 Å². The van der Waals surface area contributed by atoms with Crippen molar-refractivity contribution < 1.29 is 4.79 Å². The van der Waals surface area contributed by atoms with Gasteiger partial charge in [0.2, 0.25) is 0 Å². The standard InChI is InChI=1S/C17H15ClN4O/c1-11-3-4-12(2)15(9-11)16(23)10-22-17(19-20-21-22)13-5-7-14(18)8-6-13/h3-9H,10H2,1-2H3. The summed E-state index contributed by atoms with van der Waals surface area (Å²) < 4.78 is 1.51. The zero-order chi connectivity index (χ0) is 16.4. The SMILES string of the molecule is Cc1ccc(C)c(C(=O)Cn2nnnc2-c2ccc(Cl)cc2)c1. The Morgan fingerprint density at radius 3 is 2.61 bits per heavy atom. The minimum atomic E-state index is -0.0197. The Bertz CT molecular complexity index is 855. The van der Waals surface area contributed by atoms with Gasteiger partial charge in [-0.3, -0.25) is 4.79 Å². The Labute approximate surface area is 138 Å². The molecule has 0 aliphatic rings. The van der Waals surface area contributed by atoms with E-state index in [-0.39, 0.29) is 12.3 Å². The molecule has 116 valence electrons. The topological polar surface area (TPSA) is 60.7 Å². The molecule has 23 heavy (non-hydrogen) atoms. The summed E-state index contributed by atoms with van der Waals surface area (Å²) in [5.41, 5.74) is 3.51. The van der Waals surface area contributed by atoms with Crippen molar-refractivity contribution in [3.63, 3.8) is 0 Å². The van der Waals surface area contributed by atoms with Gasteiger partial charge in [-0.15, -0.1) is 5.10 Å². The van der Waals surface area contributed by atoms with Gasteiger partial charge in [0.15, 0.2) is 11.6 Å². The molecule has 0 N–H and O–H groups in total. The number of carbonyl (C=O) groups is 1. The van der Waals surface area contributed by atoms with Crippen molar-refractivity contribution in [1.29, 1.82) is 0 Å². The van der Waals surface area contributed by atoms with E-state index in [1.165, 1.54) is 4.68 Å². The molecule has 0 bridgehead atoms. The highest BCUT2D eigenvalue weighted by Crippen LogP contribution is 2.19. The summed E-state index contributed by atoms with van der Waals surface area (Å²) in [4.78, 5) is 12.6. The lowest BCUT2D eigenvalue weighted by atomic mass is 10.0. The van der Waals surface area contributed by atoms with Crippen LogP contribution in [0.1, 0.15) is 21.5 Å². The van der Waals surface area contributed by atoms with Gasteiger partial charge in [-0.2, -0.15) is 0 Å². The molecule has 2 aromatic carbocycles. The van der Waals surface area contributed by atoms with Crippen molar-refractivity contribution >= 4 is 17.4 Å². The zero-order valence-electron chi connectivity index (χ0n) is 12.8. The molecule has 1 aromatic heterocycles. The molecule has 0 amide bonds. The fraction of sp³-hybridized carbons (Fsp3) is 0.176. The first-order valence-corrected chi connectivity index (χ1v) is 7.55. The molecule has 0 radical (unpaired) electrons. The van der Waals surface area contributed by atoms with Crippen LogP contribution in [-0.2, 0) is 6.54 Å². The zero-order valence-corrected chi connectivity index (χ0v) is 13.6. The second kappa shape index (κ2) is 6.30. The third-order valence-electron chi connectivity index (χ3n) is 3.62. The lowest BCUT2D eigenvalue weighted by molar-refractivity contribution is 0.0967. The molecule has 6 heteroatoms. The molecule has 0 unspecified atom stereocenters. The van der Waals surface area contributed by atoms with Gasteiger partial charge in [-0.25, -0.2) is 4.68 Å². The molecular formula is C17H15ClN4O. The van der Waals surface area contributed by atoms with E-state index in [1.54, 1.807) is 12.1 Å². The van der Waals surface area contributed by atoms with Gasteiger partial charge in [-0.1, -0.05) is 29.3 Å². The van der Waals surface area contributed by atoms with Crippen LogP contribution in [0.15, 0.2) is 42.5 Å². The average Bonchev–Trinajstić information content (AvgIpc) is 2.98. The predicted octanol–water partition coefficient (Wildman–Crippen LogP) is 3.49. The summed E-state index contributed by atoms with van der Waals surface area (Å²) in [6.45, 7) is 3.98. The van der Waals surface area contributed by atoms with Crippen LogP contribution in [-0.4, -0.2) is 26.0 Å².